The van der Waals surface area contributed by atoms with Gasteiger partial charge in [0.25, 0.3) is 5.91 Å². The van der Waals surface area contributed by atoms with Gasteiger partial charge in [-0.2, -0.15) is 0 Å². The van der Waals surface area contributed by atoms with Crippen LogP contribution in [-0.2, 0) is 22.1 Å². The number of hydrogen-bond acceptors (Lipinski definition) is 4. The summed E-state index contributed by atoms with van der Waals surface area (Å²) in [5.41, 5.74) is 1.02. The summed E-state index contributed by atoms with van der Waals surface area (Å²) in [6.07, 6.45) is 1.56. The molecule has 5 nitrogen and oxygen atoms in total. The highest BCUT2D eigenvalue weighted by Gasteiger charge is 2.17. The van der Waals surface area contributed by atoms with Crippen molar-refractivity contribution in [1.82, 2.24) is 4.90 Å². The summed E-state index contributed by atoms with van der Waals surface area (Å²) in [5, 5.41) is 0. The van der Waals surface area contributed by atoms with E-state index in [0.29, 0.717) is 23.4 Å². The molecule has 0 saturated carbocycles. The van der Waals surface area contributed by atoms with Gasteiger partial charge in [-0.25, -0.2) is 8.42 Å². The first-order chi connectivity index (χ1) is 12.5. The molecule has 3 aromatic rings. The molecule has 0 saturated heterocycles. The van der Waals surface area contributed by atoms with E-state index in [1.54, 1.807) is 80.0 Å². The van der Waals surface area contributed by atoms with Crippen LogP contribution in [0, 0.1) is 0 Å². The van der Waals surface area contributed by atoms with Gasteiger partial charge >= 0.3 is 0 Å². The molecule has 0 aliphatic rings. The van der Waals surface area contributed by atoms with Crippen LogP contribution in [0.4, 0.5) is 0 Å². The summed E-state index contributed by atoms with van der Waals surface area (Å²) in [6.45, 7) is 0.346. The number of sulfone groups is 1. The number of carbonyl (C=O) groups is 1. The van der Waals surface area contributed by atoms with Crippen LogP contribution in [-0.4, -0.2) is 26.3 Å². The molecule has 1 heterocycles. The number of hydrogen-bond donors (Lipinski definition) is 0. The normalized spacial score (nSPS) is 11.3. The lowest BCUT2D eigenvalue weighted by atomic mass is 10.1. The van der Waals surface area contributed by atoms with Gasteiger partial charge < -0.3 is 9.32 Å². The smallest absolute Gasteiger partial charge is 0.254 e. The molecule has 6 heteroatoms. The predicted octanol–water partition coefficient (Wildman–Crippen LogP) is 3.53. The third-order valence-electron chi connectivity index (χ3n) is 3.95. The van der Waals surface area contributed by atoms with Gasteiger partial charge in [0.2, 0.25) is 0 Å². The highest BCUT2D eigenvalue weighted by Crippen LogP contribution is 2.18. The average Bonchev–Trinajstić information content (AvgIpc) is 3.14. The van der Waals surface area contributed by atoms with Crippen LogP contribution in [0.2, 0.25) is 0 Å². The Kier molecular flexibility index (Phi) is 5.23. The molecule has 1 aromatic heterocycles. The first kappa shape index (κ1) is 17.9. The summed E-state index contributed by atoms with van der Waals surface area (Å²) in [4.78, 5) is 14.4. The molecule has 1 amide bonds. The van der Waals surface area contributed by atoms with Crippen LogP contribution in [0.15, 0.2) is 82.3 Å². The number of rotatable bonds is 6. The second-order valence-corrected chi connectivity index (χ2v) is 8.00. The van der Waals surface area contributed by atoms with E-state index in [-0.39, 0.29) is 16.6 Å². The fourth-order valence-corrected chi connectivity index (χ4v) is 4.01. The first-order valence-electron chi connectivity index (χ1n) is 8.10. The van der Waals surface area contributed by atoms with Crippen molar-refractivity contribution in [3.8, 4) is 0 Å². The van der Waals surface area contributed by atoms with Crippen LogP contribution < -0.4 is 0 Å². The number of nitrogens with zero attached hydrogens (tertiary/aromatic N) is 1. The third kappa shape index (κ3) is 4.21. The van der Waals surface area contributed by atoms with E-state index in [4.69, 9.17) is 4.42 Å². The molecule has 0 unspecified atom stereocenters. The van der Waals surface area contributed by atoms with E-state index >= 15 is 0 Å². The molecule has 0 spiro atoms. The van der Waals surface area contributed by atoms with E-state index in [9.17, 15) is 13.2 Å². The molecular weight excluding hydrogens is 350 g/mol. The maximum Gasteiger partial charge on any atom is 0.254 e. The minimum atomic E-state index is -3.46. The van der Waals surface area contributed by atoms with Gasteiger partial charge in [0.15, 0.2) is 9.84 Å². The van der Waals surface area contributed by atoms with E-state index in [1.165, 1.54) is 4.90 Å². The number of furan rings is 1. The van der Waals surface area contributed by atoms with Crippen molar-refractivity contribution in [2.75, 3.05) is 7.05 Å². The number of carbonyl (C=O) groups excluding carboxylic acids is 1. The zero-order valence-corrected chi connectivity index (χ0v) is 15.1. The van der Waals surface area contributed by atoms with Crippen molar-refractivity contribution in [3.63, 3.8) is 0 Å². The average molecular weight is 369 g/mol. The molecule has 0 radical (unpaired) electrons. The van der Waals surface area contributed by atoms with Gasteiger partial charge in [-0.1, -0.05) is 30.3 Å². The predicted molar refractivity (Wildman–Crippen MR) is 98.3 cm³/mol. The Bertz CT molecular complexity index is 980. The molecular formula is C20H19NO4S. The van der Waals surface area contributed by atoms with Gasteiger partial charge in [0.05, 0.1) is 23.5 Å². The molecule has 0 aliphatic carbocycles. The summed E-state index contributed by atoms with van der Waals surface area (Å²) < 4.78 is 30.3. The zero-order valence-electron chi connectivity index (χ0n) is 14.3. The lowest BCUT2D eigenvalue weighted by Crippen LogP contribution is -2.26. The van der Waals surface area contributed by atoms with Crippen LogP contribution >= 0.6 is 0 Å². The highest BCUT2D eigenvalue weighted by molar-refractivity contribution is 7.90. The Hall–Kier alpha value is -2.86. The van der Waals surface area contributed by atoms with Crippen LogP contribution in [0.25, 0.3) is 0 Å². The maximum atomic E-state index is 12.6. The Morgan fingerprint density at radius 2 is 1.77 bits per heavy atom. The Morgan fingerprint density at radius 1 is 1.00 bits per heavy atom. The second-order valence-electron chi connectivity index (χ2n) is 6.01. The van der Waals surface area contributed by atoms with Crippen molar-refractivity contribution < 1.29 is 17.6 Å². The van der Waals surface area contributed by atoms with Crippen molar-refractivity contribution >= 4 is 15.7 Å². The number of amides is 1. The fraction of sp³-hybridized carbons (Fsp3) is 0.150. The van der Waals surface area contributed by atoms with Crippen LogP contribution in [0.1, 0.15) is 21.7 Å². The largest absolute Gasteiger partial charge is 0.467 e. The standard InChI is InChI=1S/C20H19NO4S/c1-21(14-18-9-6-12-25-18)20(22)17-8-5-7-16(13-17)15-26(23,24)19-10-3-2-4-11-19/h2-13H,14-15H2,1H3. The van der Waals surface area contributed by atoms with E-state index < -0.39 is 9.84 Å². The third-order valence-corrected chi connectivity index (χ3v) is 5.66. The molecule has 0 N–H and O–H groups in total. The summed E-state index contributed by atoms with van der Waals surface area (Å²) in [6, 6.07) is 18.6. The van der Waals surface area contributed by atoms with Crippen molar-refractivity contribution in [2.24, 2.45) is 0 Å². The van der Waals surface area contributed by atoms with Crippen LogP contribution in [0.5, 0.6) is 0 Å². The minimum Gasteiger partial charge on any atom is -0.467 e. The van der Waals surface area contributed by atoms with E-state index in [1.807, 2.05) is 0 Å². The topological polar surface area (TPSA) is 67.6 Å². The second kappa shape index (κ2) is 7.58. The fourth-order valence-electron chi connectivity index (χ4n) is 2.65. The lowest BCUT2D eigenvalue weighted by Gasteiger charge is -2.16. The molecule has 134 valence electrons. The van der Waals surface area contributed by atoms with Crippen LogP contribution in [0.3, 0.4) is 0 Å². The van der Waals surface area contributed by atoms with Gasteiger partial charge in [-0.3, -0.25) is 4.79 Å². The van der Waals surface area contributed by atoms with Crippen molar-refractivity contribution in [2.45, 2.75) is 17.2 Å². The SMILES string of the molecule is CN(Cc1ccco1)C(=O)c1cccc(CS(=O)(=O)c2ccccc2)c1. The molecule has 0 atom stereocenters. The van der Waals surface area contributed by atoms with Gasteiger partial charge in [-0.15, -0.1) is 0 Å². The summed E-state index contributed by atoms with van der Waals surface area (Å²) in [7, 11) is -1.78. The molecule has 0 fully saturated rings. The summed E-state index contributed by atoms with van der Waals surface area (Å²) in [5.74, 6) is 0.337. The van der Waals surface area contributed by atoms with E-state index in [2.05, 4.69) is 0 Å². The molecule has 26 heavy (non-hydrogen) atoms. The first-order valence-corrected chi connectivity index (χ1v) is 9.75. The lowest BCUT2D eigenvalue weighted by molar-refractivity contribution is 0.0775. The summed E-state index contributed by atoms with van der Waals surface area (Å²) >= 11 is 0. The highest BCUT2D eigenvalue weighted by atomic mass is 32.2. The maximum absolute atomic E-state index is 12.6. The Morgan fingerprint density at radius 3 is 2.46 bits per heavy atom. The zero-order chi connectivity index (χ0) is 18.6. The molecule has 0 aliphatic heterocycles. The molecule has 2 aromatic carbocycles. The molecule has 3 rings (SSSR count). The Labute approximate surface area is 152 Å². The van der Waals surface area contributed by atoms with Gasteiger partial charge in [0, 0.05) is 12.6 Å². The monoisotopic (exact) mass is 369 g/mol. The van der Waals surface area contributed by atoms with Crippen molar-refractivity contribution in [3.05, 3.63) is 89.9 Å². The molecule has 0 bridgehead atoms. The minimum absolute atomic E-state index is 0.153. The van der Waals surface area contributed by atoms with Crippen molar-refractivity contribution in [1.29, 1.82) is 0 Å². The Balaban J connectivity index is 1.76. The van der Waals surface area contributed by atoms with Gasteiger partial charge in [-0.05, 0) is 42.0 Å². The van der Waals surface area contributed by atoms with E-state index in [0.717, 1.165) is 0 Å². The quantitative estimate of drug-likeness (QED) is 0.667. The van der Waals surface area contributed by atoms with Gasteiger partial charge in [0.1, 0.15) is 5.76 Å². The number of benzene rings is 2.